The zero-order valence-electron chi connectivity index (χ0n) is 8.02. The number of benzene rings is 1. The molecule has 0 saturated heterocycles. The van der Waals surface area contributed by atoms with Crippen LogP contribution in [0, 0.1) is 11.3 Å². The summed E-state index contributed by atoms with van der Waals surface area (Å²) in [5.74, 6) is -0.00769. The monoisotopic (exact) mass is 187 g/mol. The van der Waals surface area contributed by atoms with Crippen LogP contribution in [0.1, 0.15) is 24.3 Å². The first-order valence-electron chi connectivity index (χ1n) is 4.62. The molecule has 1 aromatic rings. The van der Waals surface area contributed by atoms with E-state index in [4.69, 9.17) is 0 Å². The van der Waals surface area contributed by atoms with Gasteiger partial charge in [0, 0.05) is 5.01 Å². The highest BCUT2D eigenvalue weighted by atomic mass is 16.4. The molecule has 0 aliphatic heterocycles. The van der Waals surface area contributed by atoms with Gasteiger partial charge in [-0.1, -0.05) is 36.4 Å². The van der Waals surface area contributed by atoms with Gasteiger partial charge in [0.25, 0.3) is 0 Å². The normalized spacial score (nSPS) is 11.1. The molecule has 0 aromatic heterocycles. The summed E-state index contributed by atoms with van der Waals surface area (Å²) in [6, 6.07) is 12.4. The highest BCUT2D eigenvalue weighted by molar-refractivity contribution is 5.26. The van der Waals surface area contributed by atoms with E-state index in [1.165, 1.54) is 0 Å². The van der Waals surface area contributed by atoms with E-state index in [1.807, 2.05) is 36.4 Å². The van der Waals surface area contributed by atoms with Gasteiger partial charge in [0.15, 0.2) is 0 Å². The Balaban J connectivity index is 2.76. The van der Waals surface area contributed by atoms with Crippen LogP contribution >= 0.6 is 0 Å². The Morgan fingerprint density at radius 2 is 2.14 bits per heavy atom. The second kappa shape index (κ2) is 5.82. The number of hydrogen-bond donors (Lipinski definition) is 0. The van der Waals surface area contributed by atoms with Crippen LogP contribution in [-0.4, -0.2) is 0 Å². The van der Waals surface area contributed by atoms with E-state index in [-0.39, 0.29) is 5.92 Å². The molecule has 1 aromatic carbocycles. The van der Waals surface area contributed by atoms with E-state index in [2.05, 4.69) is 17.7 Å². The molecule has 0 aliphatic carbocycles. The minimum atomic E-state index is -0.00769. The third-order valence-electron chi connectivity index (χ3n) is 2.07. The summed E-state index contributed by atoms with van der Waals surface area (Å²) < 4.78 is 0. The second-order valence-corrected chi connectivity index (χ2v) is 3.05. The van der Waals surface area contributed by atoms with Crippen LogP contribution in [0.3, 0.4) is 0 Å². The fraction of sp³-hybridized carbons (Fsp3) is 0.250. The van der Waals surface area contributed by atoms with Gasteiger partial charge < -0.3 is 5.21 Å². The molecule has 0 amide bonds. The number of allylic oxidation sites excluding steroid dienone is 1. The van der Waals surface area contributed by atoms with Crippen molar-refractivity contribution < 1.29 is 0 Å². The molecule has 2 heteroatoms. The van der Waals surface area contributed by atoms with Crippen LogP contribution in [0.4, 0.5) is 0 Å². The van der Waals surface area contributed by atoms with E-state index in [0.717, 1.165) is 18.4 Å². The first-order chi connectivity index (χ1) is 6.88. The van der Waals surface area contributed by atoms with Crippen molar-refractivity contribution in [1.29, 1.82) is 0 Å². The zero-order chi connectivity index (χ0) is 10.2. The van der Waals surface area contributed by atoms with Crippen molar-refractivity contribution in [3.63, 3.8) is 0 Å². The summed E-state index contributed by atoms with van der Waals surface area (Å²) in [5, 5.41) is 12.9. The van der Waals surface area contributed by atoms with Crippen LogP contribution in [0.2, 0.25) is 0 Å². The van der Waals surface area contributed by atoms with Gasteiger partial charge in [-0.05, 0) is 18.4 Å². The van der Waals surface area contributed by atoms with Crippen LogP contribution in [0.15, 0.2) is 43.0 Å². The molecule has 0 fully saturated rings. The van der Waals surface area contributed by atoms with Crippen molar-refractivity contribution in [3.05, 3.63) is 58.8 Å². The smallest absolute Gasteiger partial charge is 0.306 e. The lowest BCUT2D eigenvalue weighted by atomic mass is 9.96. The minimum absolute atomic E-state index is 0.00769. The lowest BCUT2D eigenvalue weighted by Gasteiger charge is -2.03. The Morgan fingerprint density at radius 1 is 1.43 bits per heavy atom. The molecule has 2 nitrogen and oxygen atoms in total. The number of hydrogen-bond acceptors (Lipinski definition) is 1. The predicted octanol–water partition coefficient (Wildman–Crippen LogP) is 3.57. The lowest BCUT2D eigenvalue weighted by molar-refractivity contribution is 0.770. The van der Waals surface area contributed by atoms with Crippen molar-refractivity contribution in [1.82, 2.24) is 0 Å². The summed E-state index contributed by atoms with van der Waals surface area (Å²) in [5.41, 5.74) is 1.08. The SMILES string of the molecule is C=CCCC(C#[N+][O-])c1ccccc1. The molecule has 0 radical (unpaired) electrons. The molecular formula is C12H13NO. The van der Waals surface area contributed by atoms with Gasteiger partial charge in [-0.25, -0.2) is 0 Å². The fourth-order valence-electron chi connectivity index (χ4n) is 1.34. The van der Waals surface area contributed by atoms with Gasteiger partial charge in [0.2, 0.25) is 0 Å². The summed E-state index contributed by atoms with van der Waals surface area (Å²) in [7, 11) is 0. The molecule has 0 bridgehead atoms. The van der Waals surface area contributed by atoms with Gasteiger partial charge >= 0.3 is 6.07 Å². The van der Waals surface area contributed by atoms with E-state index in [0.29, 0.717) is 0 Å². The van der Waals surface area contributed by atoms with Gasteiger partial charge in [-0.15, -0.1) is 6.58 Å². The highest BCUT2D eigenvalue weighted by Gasteiger charge is 2.12. The topological polar surface area (TPSA) is 27.4 Å². The van der Waals surface area contributed by atoms with Crippen molar-refractivity contribution in [3.8, 4) is 6.07 Å². The molecule has 1 atom stereocenters. The standard InChI is InChI=1S/C12H13NO/c1-2-3-7-12(10-13-14)11-8-5-4-6-9-11/h2,4-6,8-9,12H,1,3,7H2. The quantitative estimate of drug-likeness (QED) is 0.523. The third-order valence-corrected chi connectivity index (χ3v) is 2.07. The maximum Gasteiger partial charge on any atom is 0.306 e. The van der Waals surface area contributed by atoms with Gasteiger partial charge in [-0.3, -0.25) is 0 Å². The Labute approximate surface area is 84.3 Å². The average Bonchev–Trinajstić information content (AvgIpc) is 2.25. The Morgan fingerprint density at radius 3 is 2.71 bits per heavy atom. The number of rotatable bonds is 4. The van der Waals surface area contributed by atoms with E-state index in [1.54, 1.807) is 0 Å². The Hall–Kier alpha value is -1.75. The molecule has 14 heavy (non-hydrogen) atoms. The maximum atomic E-state index is 10.2. The van der Waals surface area contributed by atoms with Crippen molar-refractivity contribution >= 4 is 0 Å². The average molecular weight is 187 g/mol. The van der Waals surface area contributed by atoms with Gasteiger partial charge in [0.1, 0.15) is 5.92 Å². The molecule has 1 unspecified atom stereocenters. The summed E-state index contributed by atoms with van der Waals surface area (Å²) in [4.78, 5) is 0. The van der Waals surface area contributed by atoms with Crippen LogP contribution in [0.25, 0.3) is 5.01 Å². The molecule has 72 valence electrons. The first-order valence-corrected chi connectivity index (χ1v) is 4.62. The van der Waals surface area contributed by atoms with E-state index in [9.17, 15) is 5.21 Å². The largest absolute Gasteiger partial charge is 0.498 e. The van der Waals surface area contributed by atoms with Crippen molar-refractivity contribution in [2.75, 3.05) is 0 Å². The lowest BCUT2D eigenvalue weighted by Crippen LogP contribution is -1.94. The summed E-state index contributed by atoms with van der Waals surface area (Å²) >= 11 is 0. The summed E-state index contributed by atoms with van der Waals surface area (Å²) in [6.07, 6.45) is 3.53. The fourth-order valence-corrected chi connectivity index (χ4v) is 1.34. The van der Waals surface area contributed by atoms with Crippen molar-refractivity contribution in [2.45, 2.75) is 18.8 Å². The van der Waals surface area contributed by atoms with E-state index >= 15 is 0 Å². The zero-order valence-corrected chi connectivity index (χ0v) is 8.02. The van der Waals surface area contributed by atoms with Crippen LogP contribution in [-0.2, 0) is 0 Å². The van der Waals surface area contributed by atoms with Crippen LogP contribution in [0.5, 0.6) is 0 Å². The maximum absolute atomic E-state index is 10.2. The Bertz CT molecular complexity index is 334. The second-order valence-electron chi connectivity index (χ2n) is 3.05. The predicted molar refractivity (Wildman–Crippen MR) is 59.2 cm³/mol. The molecule has 0 spiro atoms. The van der Waals surface area contributed by atoms with E-state index < -0.39 is 0 Å². The molecule has 0 saturated carbocycles. The molecular weight excluding hydrogens is 174 g/mol. The third kappa shape index (κ3) is 2.95. The van der Waals surface area contributed by atoms with Crippen LogP contribution < -0.4 is 0 Å². The molecule has 0 heterocycles. The molecule has 1 rings (SSSR count). The Kier molecular flexibility index (Phi) is 4.30. The van der Waals surface area contributed by atoms with Crippen molar-refractivity contribution in [2.24, 2.45) is 0 Å². The highest BCUT2D eigenvalue weighted by Crippen LogP contribution is 2.20. The number of nitrogens with zero attached hydrogens (tertiary/aromatic N) is 1. The van der Waals surface area contributed by atoms with Gasteiger partial charge in [-0.2, -0.15) is 0 Å². The first kappa shape index (κ1) is 10.3. The molecule has 0 N–H and O–H groups in total. The summed E-state index contributed by atoms with van der Waals surface area (Å²) in [6.45, 7) is 3.65. The molecule has 0 aliphatic rings. The van der Waals surface area contributed by atoms with Gasteiger partial charge in [0.05, 0.1) is 0 Å². The minimum Gasteiger partial charge on any atom is -0.498 e.